The Bertz CT molecular complexity index is 910. The van der Waals surface area contributed by atoms with Crippen molar-refractivity contribution in [3.8, 4) is 5.75 Å². The Hall–Kier alpha value is -3.42. The van der Waals surface area contributed by atoms with Crippen molar-refractivity contribution in [3.05, 3.63) is 63.2 Å². The van der Waals surface area contributed by atoms with Gasteiger partial charge in [-0.3, -0.25) is 19.7 Å². The molecule has 0 spiro atoms. The fraction of sp³-hybridized carbons (Fsp3) is 0.263. The van der Waals surface area contributed by atoms with Crippen LogP contribution >= 0.6 is 0 Å². The number of amides is 2. The minimum absolute atomic E-state index is 0.00382. The van der Waals surface area contributed by atoms with E-state index in [1.807, 2.05) is 6.07 Å². The zero-order chi connectivity index (χ0) is 19.4. The normalized spacial score (nSPS) is 12.7. The number of ether oxygens (including phenoxy) is 1. The van der Waals surface area contributed by atoms with E-state index in [-0.39, 0.29) is 30.3 Å². The van der Waals surface area contributed by atoms with Crippen molar-refractivity contribution in [1.29, 1.82) is 0 Å². The molecule has 2 aromatic carbocycles. The Morgan fingerprint density at radius 2 is 2.11 bits per heavy atom. The zero-order valence-electron chi connectivity index (χ0n) is 14.8. The zero-order valence-corrected chi connectivity index (χ0v) is 14.8. The molecule has 0 atom stereocenters. The van der Waals surface area contributed by atoms with E-state index in [1.54, 1.807) is 31.2 Å². The Morgan fingerprint density at radius 3 is 2.89 bits per heavy atom. The van der Waals surface area contributed by atoms with Crippen molar-refractivity contribution in [2.24, 2.45) is 0 Å². The number of benzene rings is 2. The maximum absolute atomic E-state index is 12.2. The van der Waals surface area contributed by atoms with Crippen LogP contribution in [0.2, 0.25) is 0 Å². The highest BCUT2D eigenvalue weighted by Crippen LogP contribution is 2.27. The number of aryl methyl sites for hydroxylation is 2. The van der Waals surface area contributed by atoms with Crippen LogP contribution in [0.4, 0.5) is 11.4 Å². The molecule has 1 aliphatic heterocycles. The number of carbonyl (C=O) groups excluding carboxylic acids is 2. The summed E-state index contributed by atoms with van der Waals surface area (Å²) in [6.45, 7) is 2.02. The molecule has 8 heteroatoms. The predicted molar refractivity (Wildman–Crippen MR) is 99.1 cm³/mol. The lowest BCUT2D eigenvalue weighted by Gasteiger charge is -2.17. The van der Waals surface area contributed by atoms with Crippen LogP contribution in [0.25, 0.3) is 0 Å². The number of fused-ring (bicyclic) bond motifs is 1. The number of nitrogens with one attached hydrogen (secondary N) is 2. The molecule has 0 aromatic heterocycles. The standard InChI is InChI=1S/C19H19N3O5/c1-12-3-2-4-15(18(12)22(25)26)19(24)20-9-10-27-14-6-7-16-13(11-14)5-8-17(23)21-16/h2-4,6-7,11H,5,8-10H2,1H3,(H,20,24)(H,21,23). The van der Waals surface area contributed by atoms with E-state index in [9.17, 15) is 19.7 Å². The van der Waals surface area contributed by atoms with Gasteiger partial charge < -0.3 is 15.4 Å². The summed E-state index contributed by atoms with van der Waals surface area (Å²) in [5.74, 6) is 0.131. The molecule has 1 aliphatic rings. The second-order valence-electron chi connectivity index (χ2n) is 6.20. The van der Waals surface area contributed by atoms with Gasteiger partial charge in [-0.15, -0.1) is 0 Å². The third kappa shape index (κ3) is 4.22. The fourth-order valence-electron chi connectivity index (χ4n) is 2.96. The van der Waals surface area contributed by atoms with Crippen LogP contribution in [-0.2, 0) is 11.2 Å². The molecule has 0 saturated heterocycles. The van der Waals surface area contributed by atoms with Crippen LogP contribution in [-0.4, -0.2) is 29.9 Å². The number of carbonyl (C=O) groups is 2. The first-order valence-electron chi connectivity index (χ1n) is 8.53. The summed E-state index contributed by atoms with van der Waals surface area (Å²) in [4.78, 5) is 34.2. The highest BCUT2D eigenvalue weighted by molar-refractivity contribution is 5.98. The fourth-order valence-corrected chi connectivity index (χ4v) is 2.96. The summed E-state index contributed by atoms with van der Waals surface area (Å²) in [5.41, 5.74) is 2.08. The number of rotatable bonds is 6. The van der Waals surface area contributed by atoms with Gasteiger partial charge in [-0.2, -0.15) is 0 Å². The summed E-state index contributed by atoms with van der Waals surface area (Å²) < 4.78 is 5.63. The van der Waals surface area contributed by atoms with Crippen molar-refractivity contribution in [3.63, 3.8) is 0 Å². The molecule has 0 aliphatic carbocycles. The number of nitro groups is 1. The molecule has 2 aromatic rings. The van der Waals surface area contributed by atoms with Gasteiger partial charge in [-0.05, 0) is 43.2 Å². The average molecular weight is 369 g/mol. The Labute approximate surface area is 155 Å². The second kappa shape index (κ2) is 7.86. The van der Waals surface area contributed by atoms with Gasteiger partial charge in [0.15, 0.2) is 0 Å². The van der Waals surface area contributed by atoms with Crippen molar-refractivity contribution >= 4 is 23.2 Å². The third-order valence-electron chi connectivity index (χ3n) is 4.29. The van der Waals surface area contributed by atoms with E-state index in [0.29, 0.717) is 24.2 Å². The Balaban J connectivity index is 1.55. The number of hydrogen-bond acceptors (Lipinski definition) is 5. The highest BCUT2D eigenvalue weighted by atomic mass is 16.6. The van der Waals surface area contributed by atoms with Crippen LogP contribution in [0, 0.1) is 17.0 Å². The molecule has 0 bridgehead atoms. The summed E-state index contributed by atoms with van der Waals surface area (Å²) in [7, 11) is 0. The van der Waals surface area contributed by atoms with Gasteiger partial charge >= 0.3 is 0 Å². The molecule has 2 N–H and O–H groups in total. The van der Waals surface area contributed by atoms with Gasteiger partial charge in [0, 0.05) is 17.7 Å². The lowest BCUT2D eigenvalue weighted by molar-refractivity contribution is -0.385. The minimum atomic E-state index is -0.549. The molecule has 27 heavy (non-hydrogen) atoms. The van der Waals surface area contributed by atoms with Crippen LogP contribution < -0.4 is 15.4 Å². The number of nitro benzene ring substituents is 1. The number of anilines is 1. The minimum Gasteiger partial charge on any atom is -0.492 e. The summed E-state index contributed by atoms with van der Waals surface area (Å²) in [5, 5.41) is 16.6. The quantitative estimate of drug-likeness (QED) is 0.462. The van der Waals surface area contributed by atoms with E-state index in [1.165, 1.54) is 6.07 Å². The van der Waals surface area contributed by atoms with Gasteiger partial charge in [0.2, 0.25) is 5.91 Å². The molecule has 2 amide bonds. The molecular formula is C19H19N3O5. The van der Waals surface area contributed by atoms with Crippen molar-refractivity contribution in [2.45, 2.75) is 19.8 Å². The molecule has 8 nitrogen and oxygen atoms in total. The van der Waals surface area contributed by atoms with E-state index < -0.39 is 10.8 Å². The first-order valence-corrected chi connectivity index (χ1v) is 8.53. The van der Waals surface area contributed by atoms with Crippen LogP contribution in [0.5, 0.6) is 5.75 Å². The maximum atomic E-state index is 12.2. The van der Waals surface area contributed by atoms with Gasteiger partial charge in [-0.1, -0.05) is 12.1 Å². The van der Waals surface area contributed by atoms with E-state index >= 15 is 0 Å². The Kier molecular flexibility index (Phi) is 5.35. The average Bonchev–Trinajstić information content (AvgIpc) is 2.64. The SMILES string of the molecule is Cc1cccc(C(=O)NCCOc2ccc3c(c2)CCC(=O)N3)c1[N+](=O)[O-]. The monoisotopic (exact) mass is 369 g/mol. The molecule has 1 heterocycles. The van der Waals surface area contributed by atoms with Crippen molar-refractivity contribution < 1.29 is 19.2 Å². The molecule has 0 radical (unpaired) electrons. The molecular weight excluding hydrogens is 350 g/mol. The van der Waals surface area contributed by atoms with Crippen molar-refractivity contribution in [1.82, 2.24) is 5.32 Å². The predicted octanol–water partition coefficient (Wildman–Crippen LogP) is 2.60. The van der Waals surface area contributed by atoms with Gasteiger partial charge in [0.1, 0.15) is 17.9 Å². The first-order chi connectivity index (χ1) is 13.0. The van der Waals surface area contributed by atoms with Crippen LogP contribution in [0.3, 0.4) is 0 Å². The van der Waals surface area contributed by atoms with Crippen molar-refractivity contribution in [2.75, 3.05) is 18.5 Å². The second-order valence-corrected chi connectivity index (χ2v) is 6.20. The third-order valence-corrected chi connectivity index (χ3v) is 4.29. The molecule has 140 valence electrons. The summed E-state index contributed by atoms with van der Waals surface area (Å²) >= 11 is 0. The first kappa shape index (κ1) is 18.4. The van der Waals surface area contributed by atoms with E-state index in [0.717, 1.165) is 11.3 Å². The molecule has 3 rings (SSSR count). The number of nitrogens with zero attached hydrogens (tertiary/aromatic N) is 1. The van der Waals surface area contributed by atoms with Crippen LogP contribution in [0.1, 0.15) is 27.9 Å². The lowest BCUT2D eigenvalue weighted by Crippen LogP contribution is -2.28. The maximum Gasteiger partial charge on any atom is 0.285 e. The van der Waals surface area contributed by atoms with Gasteiger partial charge in [0.25, 0.3) is 11.6 Å². The lowest BCUT2D eigenvalue weighted by atomic mass is 10.0. The van der Waals surface area contributed by atoms with E-state index in [4.69, 9.17) is 4.74 Å². The molecule has 0 saturated carbocycles. The van der Waals surface area contributed by atoms with Gasteiger partial charge in [0.05, 0.1) is 11.5 Å². The van der Waals surface area contributed by atoms with Gasteiger partial charge in [-0.25, -0.2) is 0 Å². The largest absolute Gasteiger partial charge is 0.492 e. The highest BCUT2D eigenvalue weighted by Gasteiger charge is 2.22. The van der Waals surface area contributed by atoms with Crippen LogP contribution in [0.15, 0.2) is 36.4 Å². The number of hydrogen-bond donors (Lipinski definition) is 2. The summed E-state index contributed by atoms with van der Waals surface area (Å²) in [6, 6.07) is 10.0. The molecule has 0 unspecified atom stereocenters. The smallest absolute Gasteiger partial charge is 0.285 e. The van der Waals surface area contributed by atoms with E-state index in [2.05, 4.69) is 10.6 Å². The number of para-hydroxylation sites is 1. The Morgan fingerprint density at radius 1 is 1.30 bits per heavy atom. The summed E-state index contributed by atoms with van der Waals surface area (Å²) in [6.07, 6.45) is 1.11. The topological polar surface area (TPSA) is 111 Å². The molecule has 0 fully saturated rings.